The number of benzene rings is 2. The van der Waals surface area contributed by atoms with Gasteiger partial charge in [0, 0.05) is 29.6 Å². The number of ether oxygens (including phenoxy) is 1. The molecule has 1 aromatic heterocycles. The molecule has 1 aliphatic heterocycles. The van der Waals surface area contributed by atoms with Crippen molar-refractivity contribution in [2.24, 2.45) is 0 Å². The van der Waals surface area contributed by atoms with Crippen molar-refractivity contribution >= 4 is 23.2 Å². The van der Waals surface area contributed by atoms with Crippen LogP contribution in [0.25, 0.3) is 11.1 Å². The number of anilines is 1. The molecule has 3 aromatic rings. The van der Waals surface area contributed by atoms with E-state index >= 15 is 0 Å². The van der Waals surface area contributed by atoms with Crippen molar-refractivity contribution in [1.82, 2.24) is 4.98 Å². The minimum absolute atomic E-state index is 0.0575. The summed E-state index contributed by atoms with van der Waals surface area (Å²) in [5, 5.41) is 0.634. The Morgan fingerprint density at radius 2 is 1.75 bits per heavy atom. The van der Waals surface area contributed by atoms with Crippen LogP contribution in [0.1, 0.15) is 19.4 Å². The molecule has 0 atom stereocenters. The molecule has 0 unspecified atom stereocenters. The third-order valence-electron chi connectivity index (χ3n) is 4.94. The number of carbonyl (C=O) groups excluding carboxylic acids is 1. The third-order valence-corrected chi connectivity index (χ3v) is 5.19. The Balaban J connectivity index is 1.56. The lowest BCUT2D eigenvalue weighted by atomic mass is 10.0. The number of fused-ring (bicyclic) bond motifs is 1. The second kappa shape index (κ2) is 7.28. The smallest absolute Gasteiger partial charge is 0.270 e. The van der Waals surface area contributed by atoms with Crippen LogP contribution in [0.3, 0.4) is 0 Å². The Kier molecular flexibility index (Phi) is 4.82. The van der Waals surface area contributed by atoms with Crippen LogP contribution in [0.15, 0.2) is 67.0 Å². The summed E-state index contributed by atoms with van der Waals surface area (Å²) in [4.78, 5) is 19.1. The number of aromatic nitrogens is 1. The second-order valence-corrected chi connectivity index (χ2v) is 7.79. The number of carbonyl (C=O) groups is 1. The Morgan fingerprint density at radius 3 is 2.46 bits per heavy atom. The van der Waals surface area contributed by atoms with Gasteiger partial charge in [-0.15, -0.1) is 0 Å². The van der Waals surface area contributed by atoms with E-state index in [-0.39, 0.29) is 5.91 Å². The van der Waals surface area contributed by atoms with Crippen molar-refractivity contribution in [3.05, 3.63) is 77.6 Å². The Labute approximate surface area is 169 Å². The molecule has 1 amide bonds. The molecule has 0 bridgehead atoms. The average Bonchev–Trinajstić information content (AvgIpc) is 3.12. The molecule has 5 heteroatoms. The average molecular weight is 393 g/mol. The maximum absolute atomic E-state index is 13.2. The molecular formula is C23H21ClN2O2. The summed E-state index contributed by atoms with van der Waals surface area (Å²) in [6, 6.07) is 17.3. The van der Waals surface area contributed by atoms with E-state index in [1.54, 1.807) is 50.5 Å². The molecule has 0 N–H and O–H groups in total. The van der Waals surface area contributed by atoms with Crippen LogP contribution >= 0.6 is 11.6 Å². The Bertz CT molecular complexity index is 1000. The molecule has 0 aliphatic carbocycles. The summed E-state index contributed by atoms with van der Waals surface area (Å²) >= 11 is 5.93. The monoisotopic (exact) mass is 392 g/mol. The van der Waals surface area contributed by atoms with E-state index in [1.807, 2.05) is 29.2 Å². The molecule has 4 rings (SSSR count). The summed E-state index contributed by atoms with van der Waals surface area (Å²) in [5.74, 6) is 0.563. The van der Waals surface area contributed by atoms with Gasteiger partial charge in [0.05, 0.1) is 0 Å². The molecule has 0 radical (unpaired) electrons. The van der Waals surface area contributed by atoms with Gasteiger partial charge in [0.2, 0.25) is 0 Å². The van der Waals surface area contributed by atoms with Gasteiger partial charge in [-0.3, -0.25) is 9.78 Å². The lowest BCUT2D eigenvalue weighted by Gasteiger charge is -2.30. The van der Waals surface area contributed by atoms with E-state index in [2.05, 4.69) is 11.1 Å². The van der Waals surface area contributed by atoms with Crippen LogP contribution in [0.4, 0.5) is 5.69 Å². The zero-order chi connectivity index (χ0) is 19.7. The molecular weight excluding hydrogens is 372 g/mol. The first kappa shape index (κ1) is 18.5. The summed E-state index contributed by atoms with van der Waals surface area (Å²) in [5.41, 5.74) is 3.39. The lowest BCUT2D eigenvalue weighted by Crippen LogP contribution is -2.48. The normalized spacial score (nSPS) is 13.3. The highest BCUT2D eigenvalue weighted by Crippen LogP contribution is 2.34. The van der Waals surface area contributed by atoms with E-state index in [9.17, 15) is 4.79 Å². The summed E-state index contributed by atoms with van der Waals surface area (Å²) in [7, 11) is 0. The lowest BCUT2D eigenvalue weighted by molar-refractivity contribution is -0.131. The van der Waals surface area contributed by atoms with E-state index in [0.717, 1.165) is 23.2 Å². The highest BCUT2D eigenvalue weighted by atomic mass is 35.5. The van der Waals surface area contributed by atoms with Crippen LogP contribution in [0, 0.1) is 0 Å². The van der Waals surface area contributed by atoms with Gasteiger partial charge >= 0.3 is 0 Å². The molecule has 0 saturated heterocycles. The van der Waals surface area contributed by atoms with Gasteiger partial charge in [0.25, 0.3) is 5.91 Å². The van der Waals surface area contributed by atoms with E-state index in [1.165, 1.54) is 5.56 Å². The molecule has 4 nitrogen and oxygen atoms in total. The zero-order valence-electron chi connectivity index (χ0n) is 15.9. The van der Waals surface area contributed by atoms with Crippen molar-refractivity contribution in [2.75, 3.05) is 11.4 Å². The minimum atomic E-state index is -0.987. The molecule has 2 aromatic carbocycles. The van der Waals surface area contributed by atoms with E-state index in [4.69, 9.17) is 16.3 Å². The quantitative estimate of drug-likeness (QED) is 0.616. The zero-order valence-corrected chi connectivity index (χ0v) is 16.6. The first-order chi connectivity index (χ1) is 13.4. The standard InChI is InChI=1S/C23H21ClN2O2/c1-23(2,28-20-6-4-19(24)5-7-20)22(27)26-14-11-18-15-17(3-8-21(18)26)16-9-12-25-13-10-16/h3-10,12-13,15H,11,14H2,1-2H3. The summed E-state index contributed by atoms with van der Waals surface area (Å²) in [6.45, 7) is 4.25. The fourth-order valence-corrected chi connectivity index (χ4v) is 3.63. The molecule has 142 valence electrons. The largest absolute Gasteiger partial charge is 0.478 e. The van der Waals surface area contributed by atoms with Gasteiger partial charge in [-0.2, -0.15) is 0 Å². The third kappa shape index (κ3) is 3.60. The van der Waals surface area contributed by atoms with Gasteiger partial charge in [0.15, 0.2) is 5.60 Å². The van der Waals surface area contributed by atoms with Crippen molar-refractivity contribution in [2.45, 2.75) is 25.9 Å². The number of nitrogens with zero attached hydrogens (tertiary/aromatic N) is 2. The van der Waals surface area contributed by atoms with Crippen molar-refractivity contribution in [1.29, 1.82) is 0 Å². The fourth-order valence-electron chi connectivity index (χ4n) is 3.50. The Morgan fingerprint density at radius 1 is 1.04 bits per heavy atom. The molecule has 0 spiro atoms. The van der Waals surface area contributed by atoms with E-state index < -0.39 is 5.60 Å². The van der Waals surface area contributed by atoms with Crippen LogP contribution < -0.4 is 9.64 Å². The Hall–Kier alpha value is -2.85. The second-order valence-electron chi connectivity index (χ2n) is 7.35. The maximum Gasteiger partial charge on any atom is 0.270 e. The SMILES string of the molecule is CC(C)(Oc1ccc(Cl)cc1)C(=O)N1CCc2cc(-c3ccncc3)ccc21. The van der Waals surface area contributed by atoms with Gasteiger partial charge in [-0.05, 0) is 85.5 Å². The molecule has 28 heavy (non-hydrogen) atoms. The molecule has 0 fully saturated rings. The minimum Gasteiger partial charge on any atom is -0.478 e. The van der Waals surface area contributed by atoms with Crippen molar-refractivity contribution in [3.8, 4) is 16.9 Å². The predicted molar refractivity (Wildman–Crippen MR) is 112 cm³/mol. The molecule has 1 aliphatic rings. The van der Waals surface area contributed by atoms with Crippen molar-refractivity contribution in [3.63, 3.8) is 0 Å². The number of amides is 1. The summed E-state index contributed by atoms with van der Waals surface area (Å²) < 4.78 is 5.98. The van der Waals surface area contributed by atoms with Crippen molar-refractivity contribution < 1.29 is 9.53 Å². The first-order valence-electron chi connectivity index (χ1n) is 9.24. The molecule has 0 saturated carbocycles. The van der Waals surface area contributed by atoms with Gasteiger partial charge in [0.1, 0.15) is 5.75 Å². The number of halogens is 1. The number of hydrogen-bond acceptors (Lipinski definition) is 3. The van der Waals surface area contributed by atoms with E-state index in [0.29, 0.717) is 17.3 Å². The van der Waals surface area contributed by atoms with Crippen LogP contribution in [0.5, 0.6) is 5.75 Å². The van der Waals surface area contributed by atoms with Gasteiger partial charge < -0.3 is 9.64 Å². The maximum atomic E-state index is 13.2. The number of rotatable bonds is 4. The highest BCUT2D eigenvalue weighted by Gasteiger charge is 2.37. The number of pyridine rings is 1. The van der Waals surface area contributed by atoms with Crippen LogP contribution in [-0.4, -0.2) is 23.0 Å². The summed E-state index contributed by atoms with van der Waals surface area (Å²) in [6.07, 6.45) is 4.40. The van der Waals surface area contributed by atoms with Crippen LogP contribution in [0.2, 0.25) is 5.02 Å². The number of hydrogen-bond donors (Lipinski definition) is 0. The fraction of sp³-hybridized carbons (Fsp3) is 0.217. The predicted octanol–water partition coefficient (Wildman–Crippen LogP) is 5.15. The highest BCUT2D eigenvalue weighted by molar-refractivity contribution is 6.30. The first-order valence-corrected chi connectivity index (χ1v) is 9.62. The van der Waals surface area contributed by atoms with Gasteiger partial charge in [-0.1, -0.05) is 17.7 Å². The molecule has 2 heterocycles. The topological polar surface area (TPSA) is 42.4 Å². The van der Waals surface area contributed by atoms with Crippen LogP contribution in [-0.2, 0) is 11.2 Å². The van der Waals surface area contributed by atoms with Gasteiger partial charge in [-0.25, -0.2) is 0 Å².